The molecule has 0 saturated carbocycles. The van der Waals surface area contributed by atoms with Crippen molar-refractivity contribution in [2.45, 2.75) is 65.6 Å². The number of carbonyl (C=O) groups excluding carboxylic acids is 2. The van der Waals surface area contributed by atoms with Crippen molar-refractivity contribution in [3.05, 3.63) is 58.1 Å². The molecule has 2 amide bonds. The standard InChI is InChI=1S/C26H35BrN2O4/c1-17(2)20-11-12-23(22(27)14-20)33-16-24(30)29(18(3)25(31)28-26(4,5)6)15-19-9-8-10-21(13-19)32-7/h8-14,17-18H,15-16H2,1-7H3,(H,28,31)/t18-/m0/s1. The number of benzene rings is 2. The summed E-state index contributed by atoms with van der Waals surface area (Å²) in [7, 11) is 1.59. The van der Waals surface area contributed by atoms with Gasteiger partial charge in [0.1, 0.15) is 17.5 Å². The lowest BCUT2D eigenvalue weighted by Gasteiger charge is -2.31. The second-order valence-electron chi connectivity index (χ2n) is 9.42. The second-order valence-corrected chi connectivity index (χ2v) is 10.3. The van der Waals surface area contributed by atoms with Crippen molar-refractivity contribution in [2.24, 2.45) is 0 Å². The van der Waals surface area contributed by atoms with Gasteiger partial charge < -0.3 is 19.7 Å². The Morgan fingerprint density at radius 3 is 2.36 bits per heavy atom. The summed E-state index contributed by atoms with van der Waals surface area (Å²) in [6.07, 6.45) is 0. The molecule has 2 rings (SSSR count). The van der Waals surface area contributed by atoms with Crippen LogP contribution in [0.1, 0.15) is 58.6 Å². The molecule has 1 N–H and O–H groups in total. The van der Waals surface area contributed by atoms with Crippen LogP contribution in [0, 0.1) is 0 Å². The first-order valence-electron chi connectivity index (χ1n) is 11.1. The van der Waals surface area contributed by atoms with Crippen LogP contribution in [0.5, 0.6) is 11.5 Å². The van der Waals surface area contributed by atoms with Crippen molar-refractivity contribution in [3.63, 3.8) is 0 Å². The molecule has 0 unspecified atom stereocenters. The number of rotatable bonds is 9. The fourth-order valence-electron chi connectivity index (χ4n) is 3.24. The van der Waals surface area contributed by atoms with Crippen molar-refractivity contribution in [1.82, 2.24) is 10.2 Å². The lowest BCUT2D eigenvalue weighted by Crippen LogP contribution is -2.53. The van der Waals surface area contributed by atoms with Crippen LogP contribution in [0.2, 0.25) is 0 Å². The second kappa shape index (κ2) is 11.5. The lowest BCUT2D eigenvalue weighted by molar-refractivity contribution is -0.142. The van der Waals surface area contributed by atoms with E-state index < -0.39 is 11.6 Å². The average Bonchev–Trinajstić information content (AvgIpc) is 2.74. The van der Waals surface area contributed by atoms with Crippen LogP contribution in [-0.2, 0) is 16.1 Å². The van der Waals surface area contributed by atoms with E-state index in [1.807, 2.05) is 63.2 Å². The zero-order chi connectivity index (χ0) is 24.8. The van der Waals surface area contributed by atoms with Crippen LogP contribution < -0.4 is 14.8 Å². The zero-order valence-corrected chi connectivity index (χ0v) is 22.2. The Morgan fingerprint density at radius 2 is 1.79 bits per heavy atom. The zero-order valence-electron chi connectivity index (χ0n) is 20.6. The molecular weight excluding hydrogens is 484 g/mol. The van der Waals surface area contributed by atoms with Crippen LogP contribution in [-0.4, -0.2) is 42.0 Å². The summed E-state index contributed by atoms with van der Waals surface area (Å²) >= 11 is 3.53. The van der Waals surface area contributed by atoms with E-state index in [9.17, 15) is 9.59 Å². The van der Waals surface area contributed by atoms with Crippen molar-refractivity contribution >= 4 is 27.7 Å². The number of hydrogen-bond acceptors (Lipinski definition) is 4. The van der Waals surface area contributed by atoms with Gasteiger partial charge >= 0.3 is 0 Å². The third kappa shape index (κ3) is 8.07. The molecule has 6 nitrogen and oxygen atoms in total. The molecule has 0 aliphatic rings. The summed E-state index contributed by atoms with van der Waals surface area (Å²) < 4.78 is 11.9. The minimum Gasteiger partial charge on any atom is -0.497 e. The number of ether oxygens (including phenoxy) is 2. The molecule has 0 aliphatic carbocycles. The predicted molar refractivity (Wildman–Crippen MR) is 135 cm³/mol. The van der Waals surface area contributed by atoms with Crippen molar-refractivity contribution < 1.29 is 19.1 Å². The number of halogens is 1. The molecule has 180 valence electrons. The van der Waals surface area contributed by atoms with E-state index >= 15 is 0 Å². The van der Waals surface area contributed by atoms with Gasteiger partial charge in [-0.15, -0.1) is 0 Å². The maximum atomic E-state index is 13.2. The highest BCUT2D eigenvalue weighted by molar-refractivity contribution is 9.10. The van der Waals surface area contributed by atoms with E-state index in [4.69, 9.17) is 9.47 Å². The number of methoxy groups -OCH3 is 1. The first-order chi connectivity index (χ1) is 15.4. The SMILES string of the molecule is COc1cccc(CN(C(=O)COc2ccc(C(C)C)cc2Br)[C@@H](C)C(=O)NC(C)(C)C)c1. The van der Waals surface area contributed by atoms with Gasteiger partial charge in [0.2, 0.25) is 5.91 Å². The van der Waals surface area contributed by atoms with Crippen molar-refractivity contribution in [1.29, 1.82) is 0 Å². The highest BCUT2D eigenvalue weighted by Crippen LogP contribution is 2.29. The van der Waals surface area contributed by atoms with Gasteiger partial charge in [-0.05, 0) is 84.9 Å². The first-order valence-corrected chi connectivity index (χ1v) is 11.9. The molecule has 7 heteroatoms. The first kappa shape index (κ1) is 26.7. The van der Waals surface area contributed by atoms with E-state index in [1.54, 1.807) is 14.0 Å². The average molecular weight is 519 g/mol. The van der Waals surface area contributed by atoms with Crippen LogP contribution in [0.4, 0.5) is 0 Å². The van der Waals surface area contributed by atoms with E-state index in [1.165, 1.54) is 10.5 Å². The molecule has 0 bridgehead atoms. The van der Waals surface area contributed by atoms with E-state index in [2.05, 4.69) is 35.1 Å². The minimum absolute atomic E-state index is 0.184. The van der Waals surface area contributed by atoms with E-state index in [0.717, 1.165) is 10.0 Å². The molecule has 0 fully saturated rings. The number of nitrogens with zero attached hydrogens (tertiary/aromatic N) is 1. The van der Waals surface area contributed by atoms with Gasteiger partial charge in [-0.25, -0.2) is 0 Å². The molecule has 0 saturated heterocycles. The van der Waals surface area contributed by atoms with Gasteiger partial charge in [0.15, 0.2) is 6.61 Å². The summed E-state index contributed by atoms with van der Waals surface area (Å²) in [5.41, 5.74) is 1.63. The Labute approximate surface area is 205 Å². The van der Waals surface area contributed by atoms with Gasteiger partial charge in [-0.2, -0.15) is 0 Å². The Balaban J connectivity index is 2.22. The molecular formula is C26H35BrN2O4. The maximum Gasteiger partial charge on any atom is 0.261 e. The van der Waals surface area contributed by atoms with Gasteiger partial charge in [-0.1, -0.05) is 32.0 Å². The Morgan fingerprint density at radius 1 is 1.09 bits per heavy atom. The van der Waals surface area contributed by atoms with Crippen LogP contribution >= 0.6 is 15.9 Å². The molecule has 0 aliphatic heterocycles. The molecule has 2 aromatic rings. The Bertz CT molecular complexity index is 969. The topological polar surface area (TPSA) is 67.9 Å². The molecule has 1 atom stereocenters. The van der Waals surface area contributed by atoms with Gasteiger partial charge in [0, 0.05) is 12.1 Å². The molecule has 33 heavy (non-hydrogen) atoms. The number of amides is 2. The third-order valence-electron chi connectivity index (χ3n) is 5.13. The fraction of sp³-hybridized carbons (Fsp3) is 0.462. The summed E-state index contributed by atoms with van der Waals surface area (Å²) in [4.78, 5) is 27.7. The quantitative estimate of drug-likeness (QED) is 0.489. The van der Waals surface area contributed by atoms with Crippen LogP contribution in [0.15, 0.2) is 46.9 Å². The predicted octanol–water partition coefficient (Wildman–Crippen LogP) is 5.29. The Kier molecular flexibility index (Phi) is 9.35. The monoisotopic (exact) mass is 518 g/mol. The van der Waals surface area contributed by atoms with E-state index in [0.29, 0.717) is 17.4 Å². The summed E-state index contributed by atoms with van der Waals surface area (Å²) in [6, 6.07) is 12.6. The summed E-state index contributed by atoms with van der Waals surface area (Å²) in [5.74, 6) is 1.16. The smallest absolute Gasteiger partial charge is 0.261 e. The number of nitrogens with one attached hydrogen (secondary N) is 1. The molecule has 0 radical (unpaired) electrons. The van der Waals surface area contributed by atoms with Crippen LogP contribution in [0.25, 0.3) is 0 Å². The Hall–Kier alpha value is -2.54. The van der Waals surface area contributed by atoms with Crippen molar-refractivity contribution in [3.8, 4) is 11.5 Å². The van der Waals surface area contributed by atoms with Gasteiger partial charge in [0.05, 0.1) is 11.6 Å². The molecule has 0 aromatic heterocycles. The van der Waals surface area contributed by atoms with Gasteiger partial charge in [-0.3, -0.25) is 9.59 Å². The van der Waals surface area contributed by atoms with Crippen LogP contribution in [0.3, 0.4) is 0 Å². The summed E-state index contributed by atoms with van der Waals surface area (Å²) in [5, 5.41) is 2.96. The number of carbonyl (C=O) groups is 2. The number of hydrogen-bond donors (Lipinski definition) is 1. The highest BCUT2D eigenvalue weighted by Gasteiger charge is 2.29. The normalized spacial score (nSPS) is 12.3. The van der Waals surface area contributed by atoms with E-state index in [-0.39, 0.29) is 25.0 Å². The highest BCUT2D eigenvalue weighted by atomic mass is 79.9. The van der Waals surface area contributed by atoms with Crippen molar-refractivity contribution in [2.75, 3.05) is 13.7 Å². The largest absolute Gasteiger partial charge is 0.497 e. The molecule has 0 spiro atoms. The maximum absolute atomic E-state index is 13.2. The third-order valence-corrected chi connectivity index (χ3v) is 5.75. The van der Waals surface area contributed by atoms with Gasteiger partial charge in [0.25, 0.3) is 5.91 Å². The molecule has 0 heterocycles. The lowest BCUT2D eigenvalue weighted by atomic mass is 10.0. The molecule has 2 aromatic carbocycles. The summed E-state index contributed by atoms with van der Waals surface area (Å²) in [6.45, 7) is 11.8. The minimum atomic E-state index is -0.682. The fourth-order valence-corrected chi connectivity index (χ4v) is 3.75.